The van der Waals surface area contributed by atoms with E-state index in [2.05, 4.69) is 11.4 Å². The third kappa shape index (κ3) is 1.85. The Balaban J connectivity index is 3.16. The van der Waals surface area contributed by atoms with Crippen molar-refractivity contribution in [3.05, 3.63) is 33.8 Å². The standard InChI is InChI=1S/C7H4Cl2NO/c8-6-3-1-2-5(4-10-11)7(6)9/h1-3,11H. The van der Waals surface area contributed by atoms with Crippen LogP contribution in [0.3, 0.4) is 0 Å². The summed E-state index contributed by atoms with van der Waals surface area (Å²) in [6, 6.07) is 4.99. The van der Waals surface area contributed by atoms with Gasteiger partial charge in [-0.25, -0.2) is 0 Å². The second-order valence-electron chi connectivity index (χ2n) is 1.81. The molecule has 0 unspecified atom stereocenters. The normalized spacial score (nSPS) is 10.7. The number of nitrogens with zero attached hydrogens (tertiary/aromatic N) is 1. The highest BCUT2D eigenvalue weighted by molar-refractivity contribution is 6.43. The molecule has 0 aliphatic rings. The van der Waals surface area contributed by atoms with Crippen LogP contribution in [0.5, 0.6) is 0 Å². The average Bonchev–Trinajstić information content (AvgIpc) is 1.99. The highest BCUT2D eigenvalue weighted by Gasteiger charge is 2.01. The van der Waals surface area contributed by atoms with Gasteiger partial charge in [0, 0.05) is 5.56 Å². The van der Waals surface area contributed by atoms with E-state index in [9.17, 15) is 0 Å². The van der Waals surface area contributed by atoms with Gasteiger partial charge in [-0.1, -0.05) is 40.5 Å². The first-order chi connectivity index (χ1) is 5.25. The molecule has 4 heteroatoms. The zero-order valence-corrected chi connectivity index (χ0v) is 6.89. The molecule has 1 aromatic carbocycles. The van der Waals surface area contributed by atoms with Gasteiger partial charge in [-0.3, -0.25) is 0 Å². The Hall–Kier alpha value is -0.730. The lowest BCUT2D eigenvalue weighted by Gasteiger charge is -1.96. The Morgan fingerprint density at radius 3 is 2.73 bits per heavy atom. The quantitative estimate of drug-likeness (QED) is 0.411. The number of hydrogen-bond donors (Lipinski definition) is 1. The average molecular weight is 189 g/mol. The van der Waals surface area contributed by atoms with E-state index < -0.39 is 0 Å². The maximum absolute atomic E-state index is 8.15. The Morgan fingerprint density at radius 1 is 1.36 bits per heavy atom. The van der Waals surface area contributed by atoms with Gasteiger partial charge in [-0.2, -0.15) is 0 Å². The minimum absolute atomic E-state index is 0.340. The molecule has 0 aromatic heterocycles. The Labute approximate surface area is 74.0 Å². The van der Waals surface area contributed by atoms with Gasteiger partial charge in [0.2, 0.25) is 0 Å². The van der Waals surface area contributed by atoms with Gasteiger partial charge < -0.3 is 5.21 Å². The lowest BCUT2D eigenvalue weighted by atomic mass is 10.2. The number of hydrogen-bond acceptors (Lipinski definition) is 2. The number of benzene rings is 1. The van der Waals surface area contributed by atoms with Crippen LogP contribution in [0.25, 0.3) is 0 Å². The van der Waals surface area contributed by atoms with Crippen molar-refractivity contribution in [1.82, 2.24) is 0 Å². The van der Waals surface area contributed by atoms with Crippen molar-refractivity contribution < 1.29 is 5.21 Å². The molecule has 0 fully saturated rings. The Morgan fingerprint density at radius 2 is 2.09 bits per heavy atom. The van der Waals surface area contributed by atoms with Gasteiger partial charge in [0.1, 0.15) is 6.21 Å². The molecule has 0 bridgehead atoms. The fourth-order valence-corrected chi connectivity index (χ4v) is 0.987. The first kappa shape index (κ1) is 8.37. The molecule has 57 valence electrons. The molecular formula is C7H4Cl2NO. The van der Waals surface area contributed by atoms with Crippen molar-refractivity contribution in [2.45, 2.75) is 0 Å². The van der Waals surface area contributed by atoms with Crippen LogP contribution >= 0.6 is 23.2 Å². The van der Waals surface area contributed by atoms with Crippen molar-refractivity contribution in [1.29, 1.82) is 0 Å². The van der Waals surface area contributed by atoms with E-state index in [-0.39, 0.29) is 0 Å². The topological polar surface area (TPSA) is 32.6 Å². The zero-order valence-electron chi connectivity index (χ0n) is 5.38. The van der Waals surface area contributed by atoms with Crippen LogP contribution < -0.4 is 0 Å². The van der Waals surface area contributed by atoms with Crippen molar-refractivity contribution in [3.8, 4) is 0 Å². The predicted octanol–water partition coefficient (Wildman–Crippen LogP) is 2.68. The van der Waals surface area contributed by atoms with Crippen molar-refractivity contribution >= 4 is 29.4 Å². The van der Waals surface area contributed by atoms with E-state index in [0.29, 0.717) is 15.6 Å². The maximum Gasteiger partial charge on any atom is 0.141 e. The Bertz CT molecular complexity index is 286. The van der Waals surface area contributed by atoms with Gasteiger partial charge >= 0.3 is 0 Å². The molecular weight excluding hydrogens is 185 g/mol. The third-order valence-electron chi connectivity index (χ3n) is 1.12. The molecule has 0 amide bonds. The molecule has 1 radical (unpaired) electrons. The van der Waals surface area contributed by atoms with E-state index >= 15 is 0 Å². The first-order valence-electron chi connectivity index (χ1n) is 2.80. The number of rotatable bonds is 1. The summed E-state index contributed by atoms with van der Waals surface area (Å²) in [4.78, 5) is 0. The summed E-state index contributed by atoms with van der Waals surface area (Å²) >= 11 is 11.4. The molecule has 2 nitrogen and oxygen atoms in total. The first-order valence-corrected chi connectivity index (χ1v) is 3.55. The molecule has 0 saturated heterocycles. The molecule has 1 aromatic rings. The van der Waals surface area contributed by atoms with Crippen molar-refractivity contribution in [2.24, 2.45) is 5.16 Å². The summed E-state index contributed by atoms with van der Waals surface area (Å²) < 4.78 is 0. The van der Waals surface area contributed by atoms with Crippen LogP contribution in [0.4, 0.5) is 0 Å². The largest absolute Gasteiger partial charge is 0.410 e. The molecule has 0 spiro atoms. The van der Waals surface area contributed by atoms with E-state index in [0.717, 1.165) is 0 Å². The summed E-state index contributed by atoms with van der Waals surface area (Å²) in [5.74, 6) is 0. The zero-order chi connectivity index (χ0) is 8.27. The predicted molar refractivity (Wildman–Crippen MR) is 44.8 cm³/mol. The molecule has 0 atom stereocenters. The summed E-state index contributed by atoms with van der Waals surface area (Å²) in [7, 11) is 0. The Kier molecular flexibility index (Phi) is 2.74. The van der Waals surface area contributed by atoms with Crippen LogP contribution in [0.1, 0.15) is 5.56 Å². The summed E-state index contributed by atoms with van der Waals surface area (Å²) in [6.45, 7) is 0. The van der Waals surface area contributed by atoms with Crippen LogP contribution in [0.2, 0.25) is 10.0 Å². The maximum atomic E-state index is 8.15. The summed E-state index contributed by atoms with van der Waals surface area (Å²) in [5, 5.41) is 11.6. The molecule has 11 heavy (non-hydrogen) atoms. The fraction of sp³-hybridized carbons (Fsp3) is 0. The second-order valence-corrected chi connectivity index (χ2v) is 2.60. The van der Waals surface area contributed by atoms with E-state index in [1.807, 2.05) is 0 Å². The monoisotopic (exact) mass is 188 g/mol. The van der Waals surface area contributed by atoms with Crippen LogP contribution in [0.15, 0.2) is 23.4 Å². The van der Waals surface area contributed by atoms with Gasteiger partial charge in [0.25, 0.3) is 0 Å². The van der Waals surface area contributed by atoms with Gasteiger partial charge in [0.05, 0.1) is 10.0 Å². The molecule has 1 rings (SSSR count). The summed E-state index contributed by atoms with van der Waals surface area (Å²) in [5.41, 5.74) is 0.474. The van der Waals surface area contributed by atoms with Gasteiger partial charge in [-0.15, -0.1) is 0 Å². The molecule has 0 saturated carbocycles. The lowest BCUT2D eigenvalue weighted by molar-refractivity contribution is 0.322. The van der Waals surface area contributed by atoms with Gasteiger partial charge in [0.15, 0.2) is 0 Å². The smallest absolute Gasteiger partial charge is 0.141 e. The van der Waals surface area contributed by atoms with Crippen molar-refractivity contribution in [2.75, 3.05) is 0 Å². The SMILES string of the molecule is O/N=[C]/c1cccc(Cl)c1Cl. The second kappa shape index (κ2) is 3.60. The van der Waals surface area contributed by atoms with E-state index in [4.69, 9.17) is 28.4 Å². The highest BCUT2D eigenvalue weighted by Crippen LogP contribution is 2.23. The molecule has 0 heterocycles. The minimum atomic E-state index is 0.340. The summed E-state index contributed by atoms with van der Waals surface area (Å²) in [6.07, 6.45) is 2.28. The lowest BCUT2D eigenvalue weighted by Crippen LogP contribution is -1.82. The third-order valence-corrected chi connectivity index (χ3v) is 1.94. The fourth-order valence-electron chi connectivity index (χ4n) is 0.644. The van der Waals surface area contributed by atoms with Crippen molar-refractivity contribution in [3.63, 3.8) is 0 Å². The van der Waals surface area contributed by atoms with Crippen LogP contribution in [0, 0.1) is 0 Å². The molecule has 1 N–H and O–H groups in total. The highest BCUT2D eigenvalue weighted by atomic mass is 35.5. The molecule has 0 aliphatic carbocycles. The van der Waals surface area contributed by atoms with E-state index in [1.165, 1.54) is 0 Å². The van der Waals surface area contributed by atoms with Crippen LogP contribution in [-0.4, -0.2) is 11.4 Å². The van der Waals surface area contributed by atoms with Crippen LogP contribution in [-0.2, 0) is 0 Å². The number of halogens is 2. The van der Waals surface area contributed by atoms with E-state index in [1.54, 1.807) is 18.2 Å². The van der Waals surface area contributed by atoms with Gasteiger partial charge in [-0.05, 0) is 6.07 Å². The molecule has 0 aliphatic heterocycles. The minimum Gasteiger partial charge on any atom is -0.410 e.